The molecule has 1 aromatic heterocycles. The molecule has 0 aromatic carbocycles. The minimum absolute atomic E-state index is 0.0272. The van der Waals surface area contributed by atoms with E-state index in [1.165, 1.54) is 12.6 Å². The maximum Gasteiger partial charge on any atom is 0.291 e. The molecule has 1 amide bonds. The van der Waals surface area contributed by atoms with E-state index < -0.39 is 4.92 Å². The van der Waals surface area contributed by atoms with E-state index in [1.54, 1.807) is 6.92 Å². The molecule has 1 saturated heterocycles. The molecule has 0 atom stereocenters. The fourth-order valence-corrected chi connectivity index (χ4v) is 2.74. The second-order valence-electron chi connectivity index (χ2n) is 4.98. The molecule has 7 nitrogen and oxygen atoms in total. The van der Waals surface area contributed by atoms with Crippen LogP contribution in [0.2, 0.25) is 0 Å². The Kier molecular flexibility index (Phi) is 5.11. The molecular formula is C13H17BrN4O3. The summed E-state index contributed by atoms with van der Waals surface area (Å²) in [6.45, 7) is 3.38. The van der Waals surface area contributed by atoms with E-state index in [4.69, 9.17) is 0 Å². The summed E-state index contributed by atoms with van der Waals surface area (Å²) in [6.07, 6.45) is 4.47. The first-order chi connectivity index (χ1) is 10.0. The monoisotopic (exact) mass is 356 g/mol. The van der Waals surface area contributed by atoms with Gasteiger partial charge in [0.05, 0.1) is 15.9 Å². The van der Waals surface area contributed by atoms with E-state index in [9.17, 15) is 14.9 Å². The van der Waals surface area contributed by atoms with Gasteiger partial charge in [-0.2, -0.15) is 0 Å². The Morgan fingerprint density at radius 2 is 2.14 bits per heavy atom. The number of carbonyl (C=O) groups is 1. The van der Waals surface area contributed by atoms with E-state index in [-0.39, 0.29) is 18.1 Å². The Bertz CT molecular complexity index is 559. The topological polar surface area (TPSA) is 88.4 Å². The van der Waals surface area contributed by atoms with Gasteiger partial charge in [-0.05, 0) is 42.1 Å². The normalized spacial score (nSPS) is 14.9. The van der Waals surface area contributed by atoms with Crippen LogP contribution in [0.1, 0.15) is 24.8 Å². The van der Waals surface area contributed by atoms with E-state index in [1.807, 2.05) is 4.90 Å². The minimum atomic E-state index is -0.476. The molecule has 114 valence electrons. The predicted octanol–water partition coefficient (Wildman–Crippen LogP) is 2.49. The average molecular weight is 357 g/mol. The van der Waals surface area contributed by atoms with Crippen LogP contribution >= 0.6 is 15.9 Å². The third-order valence-corrected chi connectivity index (χ3v) is 4.52. The van der Waals surface area contributed by atoms with Crippen molar-refractivity contribution in [2.75, 3.05) is 25.0 Å². The average Bonchev–Trinajstić information content (AvgIpc) is 2.49. The number of nitrogens with zero attached hydrogens (tertiary/aromatic N) is 3. The van der Waals surface area contributed by atoms with Gasteiger partial charge in [0.25, 0.3) is 5.69 Å². The lowest BCUT2D eigenvalue weighted by atomic mass is 10.1. The zero-order chi connectivity index (χ0) is 15.4. The molecule has 1 fully saturated rings. The SMILES string of the molecule is Cc1c([N+](=O)[O-])cnc(NCC(=O)N2CCCCC2)c1Br. The molecule has 1 aliphatic heterocycles. The second kappa shape index (κ2) is 6.84. The molecule has 2 heterocycles. The number of likely N-dealkylation sites (tertiary alicyclic amines) is 1. The quantitative estimate of drug-likeness (QED) is 0.661. The maximum atomic E-state index is 12.1. The molecule has 8 heteroatoms. The van der Waals surface area contributed by atoms with Gasteiger partial charge in [-0.1, -0.05) is 0 Å². The summed E-state index contributed by atoms with van der Waals surface area (Å²) in [7, 11) is 0. The van der Waals surface area contributed by atoms with Crippen molar-refractivity contribution in [1.82, 2.24) is 9.88 Å². The molecule has 0 spiro atoms. The highest BCUT2D eigenvalue weighted by Gasteiger charge is 2.19. The molecule has 1 aliphatic rings. The summed E-state index contributed by atoms with van der Waals surface area (Å²) in [6, 6.07) is 0. The van der Waals surface area contributed by atoms with Crippen molar-refractivity contribution in [2.45, 2.75) is 26.2 Å². The van der Waals surface area contributed by atoms with Crippen molar-refractivity contribution < 1.29 is 9.72 Å². The van der Waals surface area contributed by atoms with Gasteiger partial charge < -0.3 is 10.2 Å². The van der Waals surface area contributed by atoms with Crippen LogP contribution in [0.5, 0.6) is 0 Å². The minimum Gasteiger partial charge on any atom is -0.360 e. The Morgan fingerprint density at radius 3 is 2.76 bits per heavy atom. The van der Waals surface area contributed by atoms with Crippen molar-refractivity contribution in [1.29, 1.82) is 0 Å². The number of amides is 1. The fraction of sp³-hybridized carbons (Fsp3) is 0.538. The van der Waals surface area contributed by atoms with Gasteiger partial charge in [-0.25, -0.2) is 4.98 Å². The Hall–Kier alpha value is -1.70. The Morgan fingerprint density at radius 1 is 1.48 bits per heavy atom. The number of halogens is 1. The lowest BCUT2D eigenvalue weighted by Gasteiger charge is -2.26. The highest BCUT2D eigenvalue weighted by atomic mass is 79.9. The van der Waals surface area contributed by atoms with Crippen LogP contribution in [0, 0.1) is 17.0 Å². The Labute approximate surface area is 131 Å². The standard InChI is InChI=1S/C13H17BrN4O3/c1-9-10(18(20)21)7-15-13(12(9)14)16-8-11(19)17-5-3-2-4-6-17/h7H,2-6,8H2,1H3,(H,15,16). The summed E-state index contributed by atoms with van der Waals surface area (Å²) >= 11 is 3.29. The molecule has 2 rings (SSSR count). The van der Waals surface area contributed by atoms with Gasteiger partial charge in [0.1, 0.15) is 12.0 Å². The van der Waals surface area contributed by atoms with Crippen LogP contribution in [0.4, 0.5) is 11.5 Å². The van der Waals surface area contributed by atoms with Crippen LogP contribution < -0.4 is 5.32 Å². The summed E-state index contributed by atoms with van der Waals surface area (Å²) in [5.74, 6) is 0.475. The zero-order valence-electron chi connectivity index (χ0n) is 11.8. The highest BCUT2D eigenvalue weighted by molar-refractivity contribution is 9.10. The van der Waals surface area contributed by atoms with Crippen molar-refractivity contribution >= 4 is 33.3 Å². The van der Waals surface area contributed by atoms with Crippen LogP contribution in [-0.2, 0) is 4.79 Å². The number of anilines is 1. The predicted molar refractivity (Wildman–Crippen MR) is 82.2 cm³/mol. The van der Waals surface area contributed by atoms with Gasteiger partial charge in [0.2, 0.25) is 5.91 Å². The molecule has 0 radical (unpaired) electrons. The fourth-order valence-electron chi connectivity index (χ4n) is 2.29. The number of hydrogen-bond acceptors (Lipinski definition) is 5. The first-order valence-electron chi connectivity index (χ1n) is 6.82. The van der Waals surface area contributed by atoms with E-state index >= 15 is 0 Å². The number of pyridine rings is 1. The van der Waals surface area contributed by atoms with E-state index in [0.29, 0.717) is 15.9 Å². The summed E-state index contributed by atoms with van der Waals surface area (Å²) < 4.78 is 0.517. The van der Waals surface area contributed by atoms with Crippen molar-refractivity contribution in [3.05, 3.63) is 26.3 Å². The number of rotatable bonds is 4. The number of carbonyl (C=O) groups excluding carboxylic acids is 1. The summed E-state index contributed by atoms with van der Waals surface area (Å²) in [5.41, 5.74) is 0.442. The lowest BCUT2D eigenvalue weighted by Crippen LogP contribution is -2.39. The number of hydrogen-bond donors (Lipinski definition) is 1. The molecule has 1 N–H and O–H groups in total. The summed E-state index contributed by atoms with van der Waals surface area (Å²) in [5, 5.41) is 13.8. The molecule has 0 saturated carbocycles. The van der Waals surface area contributed by atoms with Gasteiger partial charge in [-0.15, -0.1) is 0 Å². The van der Waals surface area contributed by atoms with Gasteiger partial charge >= 0.3 is 0 Å². The third kappa shape index (κ3) is 3.69. The Balaban J connectivity index is 2.01. The van der Waals surface area contributed by atoms with Gasteiger partial charge in [0.15, 0.2) is 0 Å². The largest absolute Gasteiger partial charge is 0.360 e. The number of nitrogens with one attached hydrogen (secondary N) is 1. The molecular weight excluding hydrogens is 340 g/mol. The molecule has 21 heavy (non-hydrogen) atoms. The third-order valence-electron chi connectivity index (χ3n) is 3.55. The van der Waals surface area contributed by atoms with Crippen LogP contribution in [0.15, 0.2) is 10.7 Å². The van der Waals surface area contributed by atoms with Crippen LogP contribution in [0.3, 0.4) is 0 Å². The molecule has 0 unspecified atom stereocenters. The lowest BCUT2D eigenvalue weighted by molar-refractivity contribution is -0.385. The van der Waals surface area contributed by atoms with Crippen LogP contribution in [0.25, 0.3) is 0 Å². The number of nitro groups is 1. The van der Waals surface area contributed by atoms with Crippen molar-refractivity contribution in [3.63, 3.8) is 0 Å². The van der Waals surface area contributed by atoms with E-state index in [2.05, 4.69) is 26.2 Å². The molecule has 0 bridgehead atoms. The molecule has 1 aromatic rings. The number of piperidine rings is 1. The molecule has 0 aliphatic carbocycles. The highest BCUT2D eigenvalue weighted by Crippen LogP contribution is 2.30. The summed E-state index contributed by atoms with van der Waals surface area (Å²) in [4.78, 5) is 28.2. The number of aromatic nitrogens is 1. The van der Waals surface area contributed by atoms with Gasteiger partial charge in [-0.3, -0.25) is 14.9 Å². The first kappa shape index (κ1) is 15.7. The van der Waals surface area contributed by atoms with Crippen molar-refractivity contribution in [3.8, 4) is 0 Å². The zero-order valence-corrected chi connectivity index (χ0v) is 13.4. The maximum absolute atomic E-state index is 12.1. The second-order valence-corrected chi connectivity index (χ2v) is 5.78. The first-order valence-corrected chi connectivity index (χ1v) is 7.61. The van der Waals surface area contributed by atoms with E-state index in [0.717, 1.165) is 25.9 Å². The van der Waals surface area contributed by atoms with Gasteiger partial charge in [0, 0.05) is 18.7 Å². The van der Waals surface area contributed by atoms with Crippen molar-refractivity contribution in [2.24, 2.45) is 0 Å². The van der Waals surface area contributed by atoms with Crippen LogP contribution in [-0.4, -0.2) is 40.3 Å². The smallest absolute Gasteiger partial charge is 0.291 e.